The summed E-state index contributed by atoms with van der Waals surface area (Å²) in [6, 6.07) is 15.3. The Morgan fingerprint density at radius 3 is 2.75 bits per heavy atom. The zero-order valence-corrected chi connectivity index (χ0v) is 15.3. The van der Waals surface area contributed by atoms with Gasteiger partial charge in [0, 0.05) is 16.5 Å². The summed E-state index contributed by atoms with van der Waals surface area (Å²) in [6.07, 6.45) is -0.565. The van der Waals surface area contributed by atoms with Crippen LogP contribution in [0.4, 0.5) is 10.8 Å². The quantitative estimate of drug-likeness (QED) is 0.587. The monoisotopic (exact) mass is 377 g/mol. The number of nitrogens with zero attached hydrogens (tertiary/aromatic N) is 2. The minimum atomic E-state index is -0.565. The summed E-state index contributed by atoms with van der Waals surface area (Å²) in [4.78, 5) is 0. The van der Waals surface area contributed by atoms with Crippen LogP contribution < -0.4 is 5.32 Å². The maximum Gasteiger partial charge on any atom is 0.210 e. The fourth-order valence-corrected chi connectivity index (χ4v) is 3.99. The Labute approximate surface area is 153 Å². The van der Waals surface area contributed by atoms with Gasteiger partial charge in [-0.05, 0) is 42.3 Å². The van der Waals surface area contributed by atoms with E-state index >= 15 is 0 Å². The van der Waals surface area contributed by atoms with Gasteiger partial charge in [-0.25, -0.2) is 0 Å². The highest BCUT2D eigenvalue weighted by molar-refractivity contribution is 8.01. The van der Waals surface area contributed by atoms with E-state index in [0.717, 1.165) is 20.7 Å². The van der Waals surface area contributed by atoms with E-state index in [4.69, 9.17) is 11.6 Å². The van der Waals surface area contributed by atoms with Gasteiger partial charge in [0.05, 0.1) is 6.10 Å². The van der Waals surface area contributed by atoms with Crippen LogP contribution in [0.1, 0.15) is 17.2 Å². The fraction of sp³-hybridized carbons (Fsp3) is 0.176. The maximum absolute atomic E-state index is 10.2. The number of rotatable bonds is 6. The Morgan fingerprint density at radius 1 is 1.21 bits per heavy atom. The lowest BCUT2D eigenvalue weighted by Crippen LogP contribution is -1.99. The number of hydrogen-bond donors (Lipinski definition) is 2. The lowest BCUT2D eigenvalue weighted by molar-refractivity contribution is 0.204. The van der Waals surface area contributed by atoms with Crippen molar-refractivity contribution in [1.29, 1.82) is 0 Å². The number of benzene rings is 2. The van der Waals surface area contributed by atoms with Crippen LogP contribution in [0.3, 0.4) is 0 Å². The zero-order chi connectivity index (χ0) is 16.9. The molecule has 1 heterocycles. The van der Waals surface area contributed by atoms with E-state index in [1.165, 1.54) is 28.7 Å². The second kappa shape index (κ2) is 7.98. The molecule has 1 atom stereocenters. The summed E-state index contributed by atoms with van der Waals surface area (Å²) in [6.45, 7) is 2.05. The molecule has 0 aliphatic rings. The van der Waals surface area contributed by atoms with Gasteiger partial charge in [-0.15, -0.1) is 10.2 Å². The molecule has 0 amide bonds. The van der Waals surface area contributed by atoms with E-state index in [1.54, 1.807) is 12.1 Å². The van der Waals surface area contributed by atoms with Crippen molar-refractivity contribution in [3.8, 4) is 0 Å². The first-order chi connectivity index (χ1) is 11.6. The van der Waals surface area contributed by atoms with Crippen LogP contribution >= 0.6 is 34.7 Å². The first-order valence-electron chi connectivity index (χ1n) is 7.34. The van der Waals surface area contributed by atoms with Gasteiger partial charge in [0.25, 0.3) is 0 Å². The standard InChI is InChI=1S/C17H16ClN3OS2/c1-11-3-2-4-14(9-11)19-16-20-21-17(24-16)23-10-15(22)12-5-7-13(18)8-6-12/h2-9,15,22H,10H2,1H3,(H,19,20). The predicted octanol–water partition coefficient (Wildman–Crippen LogP) is 5.07. The molecule has 124 valence electrons. The molecule has 3 rings (SSSR count). The molecule has 3 aromatic rings. The number of aliphatic hydroxyl groups excluding tert-OH is 1. The molecule has 1 unspecified atom stereocenters. The Balaban J connectivity index is 1.57. The Bertz CT molecular complexity index is 808. The first kappa shape index (κ1) is 17.2. The van der Waals surface area contributed by atoms with Crippen LogP contribution in [0, 0.1) is 6.92 Å². The highest BCUT2D eigenvalue weighted by Gasteiger charge is 2.11. The molecule has 0 aliphatic carbocycles. The number of aromatic nitrogens is 2. The number of nitrogens with one attached hydrogen (secondary N) is 1. The molecule has 2 N–H and O–H groups in total. The van der Waals surface area contributed by atoms with Crippen molar-refractivity contribution < 1.29 is 5.11 Å². The van der Waals surface area contributed by atoms with E-state index < -0.39 is 6.10 Å². The van der Waals surface area contributed by atoms with Gasteiger partial charge in [-0.1, -0.05) is 59.0 Å². The molecule has 0 fully saturated rings. The second-order valence-electron chi connectivity index (χ2n) is 5.25. The fourth-order valence-electron chi connectivity index (χ4n) is 2.10. The molecule has 24 heavy (non-hydrogen) atoms. The molecule has 0 radical (unpaired) electrons. The number of aliphatic hydroxyl groups is 1. The van der Waals surface area contributed by atoms with Gasteiger partial charge in [-0.3, -0.25) is 0 Å². The highest BCUT2D eigenvalue weighted by Crippen LogP contribution is 2.30. The Morgan fingerprint density at radius 2 is 2.00 bits per heavy atom. The average molecular weight is 378 g/mol. The van der Waals surface area contributed by atoms with Crippen molar-refractivity contribution in [1.82, 2.24) is 10.2 Å². The van der Waals surface area contributed by atoms with Crippen LogP contribution in [0.5, 0.6) is 0 Å². The third kappa shape index (κ3) is 4.70. The van der Waals surface area contributed by atoms with Gasteiger partial charge >= 0.3 is 0 Å². The molecule has 0 bridgehead atoms. The third-order valence-electron chi connectivity index (χ3n) is 3.30. The van der Waals surface area contributed by atoms with Crippen molar-refractivity contribution in [2.45, 2.75) is 17.4 Å². The van der Waals surface area contributed by atoms with Crippen molar-refractivity contribution in [3.05, 3.63) is 64.7 Å². The van der Waals surface area contributed by atoms with E-state index in [9.17, 15) is 5.11 Å². The van der Waals surface area contributed by atoms with Crippen molar-refractivity contribution >= 4 is 45.5 Å². The Kier molecular flexibility index (Phi) is 5.73. The minimum Gasteiger partial charge on any atom is -0.388 e. The molecular formula is C17H16ClN3OS2. The van der Waals surface area contributed by atoms with Crippen LogP contribution in [-0.4, -0.2) is 21.1 Å². The van der Waals surface area contributed by atoms with E-state index in [-0.39, 0.29) is 0 Å². The SMILES string of the molecule is Cc1cccc(Nc2nnc(SCC(O)c3ccc(Cl)cc3)s2)c1. The van der Waals surface area contributed by atoms with E-state index in [1.807, 2.05) is 37.3 Å². The molecular weight excluding hydrogens is 362 g/mol. The molecule has 0 saturated heterocycles. The maximum atomic E-state index is 10.2. The van der Waals surface area contributed by atoms with Gasteiger partial charge in [0.1, 0.15) is 0 Å². The van der Waals surface area contributed by atoms with Gasteiger partial charge < -0.3 is 10.4 Å². The molecule has 0 saturated carbocycles. The van der Waals surface area contributed by atoms with Crippen LogP contribution in [0.2, 0.25) is 5.02 Å². The lowest BCUT2D eigenvalue weighted by atomic mass is 10.1. The van der Waals surface area contributed by atoms with Crippen LogP contribution in [0.15, 0.2) is 52.9 Å². The second-order valence-corrected chi connectivity index (χ2v) is 7.93. The zero-order valence-electron chi connectivity index (χ0n) is 12.9. The van der Waals surface area contributed by atoms with Crippen LogP contribution in [-0.2, 0) is 0 Å². The third-order valence-corrected chi connectivity index (χ3v) is 5.60. The number of hydrogen-bond acceptors (Lipinski definition) is 6. The largest absolute Gasteiger partial charge is 0.388 e. The van der Waals surface area contributed by atoms with Crippen molar-refractivity contribution in [2.75, 3.05) is 11.1 Å². The smallest absolute Gasteiger partial charge is 0.210 e. The number of aryl methyl sites for hydroxylation is 1. The number of halogens is 1. The van der Waals surface area contributed by atoms with Crippen molar-refractivity contribution in [3.63, 3.8) is 0 Å². The highest BCUT2D eigenvalue weighted by atomic mass is 35.5. The van der Waals surface area contributed by atoms with Crippen LogP contribution in [0.25, 0.3) is 0 Å². The average Bonchev–Trinajstić information content (AvgIpc) is 3.01. The molecule has 0 spiro atoms. The topological polar surface area (TPSA) is 58.0 Å². The minimum absolute atomic E-state index is 0.515. The van der Waals surface area contributed by atoms with Gasteiger partial charge in [0.15, 0.2) is 4.34 Å². The summed E-state index contributed by atoms with van der Waals surface area (Å²) in [5.74, 6) is 0.515. The van der Waals surface area contributed by atoms with Crippen molar-refractivity contribution in [2.24, 2.45) is 0 Å². The van der Waals surface area contributed by atoms with E-state index in [2.05, 4.69) is 21.6 Å². The molecule has 2 aromatic carbocycles. The Hall–Kier alpha value is -1.60. The van der Waals surface area contributed by atoms with E-state index in [0.29, 0.717) is 10.8 Å². The molecule has 4 nitrogen and oxygen atoms in total. The summed E-state index contributed by atoms with van der Waals surface area (Å²) in [5.41, 5.74) is 3.02. The molecule has 0 aliphatic heterocycles. The summed E-state index contributed by atoms with van der Waals surface area (Å²) in [5, 5.41) is 23.2. The predicted molar refractivity (Wildman–Crippen MR) is 102 cm³/mol. The molecule has 1 aromatic heterocycles. The van der Waals surface area contributed by atoms with Gasteiger partial charge in [0.2, 0.25) is 5.13 Å². The normalized spacial score (nSPS) is 12.1. The number of thioether (sulfide) groups is 1. The summed E-state index contributed by atoms with van der Waals surface area (Å²) >= 11 is 8.81. The number of anilines is 2. The summed E-state index contributed by atoms with van der Waals surface area (Å²) < 4.78 is 0.818. The van der Waals surface area contributed by atoms with Gasteiger partial charge in [-0.2, -0.15) is 0 Å². The summed E-state index contributed by atoms with van der Waals surface area (Å²) in [7, 11) is 0. The molecule has 7 heteroatoms. The lowest BCUT2D eigenvalue weighted by Gasteiger charge is -2.09. The first-order valence-corrected chi connectivity index (χ1v) is 9.52.